The van der Waals surface area contributed by atoms with Gasteiger partial charge in [0.05, 0.1) is 18.2 Å². The van der Waals surface area contributed by atoms with Gasteiger partial charge in [0, 0.05) is 24.9 Å². The number of nitrogens with one attached hydrogen (secondary N) is 1. The van der Waals surface area contributed by atoms with Gasteiger partial charge in [-0.15, -0.1) is 0 Å². The van der Waals surface area contributed by atoms with Crippen molar-refractivity contribution in [1.82, 2.24) is 4.90 Å². The van der Waals surface area contributed by atoms with E-state index in [0.717, 1.165) is 0 Å². The molecule has 1 aromatic carbocycles. The Kier molecular flexibility index (Phi) is 6.71. The van der Waals surface area contributed by atoms with Crippen molar-refractivity contribution in [1.29, 1.82) is 5.26 Å². The molecule has 0 radical (unpaired) electrons. The Morgan fingerprint density at radius 3 is 2.55 bits per heavy atom. The van der Waals surface area contributed by atoms with Gasteiger partial charge in [-0.1, -0.05) is 0 Å². The van der Waals surface area contributed by atoms with E-state index in [1.807, 2.05) is 24.8 Å². The molecule has 1 aromatic rings. The van der Waals surface area contributed by atoms with Crippen LogP contribution in [0, 0.1) is 11.3 Å². The van der Waals surface area contributed by atoms with E-state index >= 15 is 0 Å². The van der Waals surface area contributed by atoms with Gasteiger partial charge in [0.25, 0.3) is 0 Å². The Balaban J connectivity index is 2.54. The zero-order valence-corrected chi connectivity index (χ0v) is 12.0. The number of carbonyl (C=O) groups is 1. The van der Waals surface area contributed by atoms with E-state index in [4.69, 9.17) is 10.4 Å². The van der Waals surface area contributed by atoms with Crippen LogP contribution in [0.5, 0.6) is 0 Å². The molecule has 2 N–H and O–H groups in total. The van der Waals surface area contributed by atoms with Crippen LogP contribution in [0.1, 0.15) is 25.8 Å². The van der Waals surface area contributed by atoms with Gasteiger partial charge in [-0.2, -0.15) is 5.26 Å². The first-order valence-electron chi connectivity index (χ1n) is 6.71. The molecule has 0 fully saturated rings. The molecule has 20 heavy (non-hydrogen) atoms. The van der Waals surface area contributed by atoms with Crippen LogP contribution in [-0.4, -0.2) is 41.7 Å². The highest BCUT2D eigenvalue weighted by Gasteiger charge is 2.13. The van der Waals surface area contributed by atoms with Gasteiger partial charge in [-0.05, 0) is 44.5 Å². The predicted octanol–water partition coefficient (Wildman–Crippen LogP) is 1.59. The highest BCUT2D eigenvalue weighted by atomic mass is 16.3. The average molecular weight is 275 g/mol. The van der Waals surface area contributed by atoms with Crippen molar-refractivity contribution in [2.24, 2.45) is 0 Å². The van der Waals surface area contributed by atoms with Crippen LogP contribution >= 0.6 is 0 Å². The third-order valence-corrected chi connectivity index (χ3v) is 2.98. The largest absolute Gasteiger partial charge is 0.396 e. The number of nitriles is 1. The van der Waals surface area contributed by atoms with Crippen molar-refractivity contribution in [2.45, 2.75) is 26.3 Å². The quantitative estimate of drug-likeness (QED) is 0.792. The van der Waals surface area contributed by atoms with Crippen LogP contribution in [0.25, 0.3) is 0 Å². The first-order chi connectivity index (χ1) is 9.56. The number of hydrogen-bond acceptors (Lipinski definition) is 4. The molecule has 0 bridgehead atoms. The van der Waals surface area contributed by atoms with Crippen LogP contribution in [0.4, 0.5) is 5.69 Å². The number of nitrogens with zero attached hydrogens (tertiary/aromatic N) is 2. The van der Waals surface area contributed by atoms with E-state index in [1.54, 1.807) is 24.3 Å². The Labute approximate surface area is 119 Å². The lowest BCUT2D eigenvalue weighted by Gasteiger charge is -2.25. The number of benzene rings is 1. The van der Waals surface area contributed by atoms with Gasteiger partial charge >= 0.3 is 0 Å². The average Bonchev–Trinajstić information content (AvgIpc) is 2.44. The smallest absolute Gasteiger partial charge is 0.238 e. The third-order valence-electron chi connectivity index (χ3n) is 2.98. The summed E-state index contributed by atoms with van der Waals surface area (Å²) in [6.45, 7) is 5.14. The highest BCUT2D eigenvalue weighted by Crippen LogP contribution is 2.09. The first-order valence-corrected chi connectivity index (χ1v) is 6.71. The van der Waals surface area contributed by atoms with Gasteiger partial charge in [-0.25, -0.2) is 0 Å². The minimum atomic E-state index is -0.0960. The fraction of sp³-hybridized carbons (Fsp3) is 0.467. The SMILES string of the molecule is CC(C)N(CCCO)CC(=O)Nc1ccc(C#N)cc1. The van der Waals surface area contributed by atoms with Crippen molar-refractivity contribution in [2.75, 3.05) is 25.0 Å². The molecular formula is C15H21N3O2. The minimum Gasteiger partial charge on any atom is -0.396 e. The molecule has 0 aliphatic carbocycles. The van der Waals surface area contributed by atoms with Crippen LogP contribution in [0.2, 0.25) is 0 Å². The monoisotopic (exact) mass is 275 g/mol. The Hall–Kier alpha value is -1.90. The van der Waals surface area contributed by atoms with E-state index in [1.165, 1.54) is 0 Å². The Morgan fingerprint density at radius 2 is 2.05 bits per heavy atom. The maximum absolute atomic E-state index is 12.0. The van der Waals surface area contributed by atoms with Gasteiger partial charge < -0.3 is 10.4 Å². The number of aliphatic hydroxyl groups excluding tert-OH is 1. The van der Waals surface area contributed by atoms with Crippen molar-refractivity contribution in [3.8, 4) is 6.07 Å². The van der Waals surface area contributed by atoms with Crippen molar-refractivity contribution >= 4 is 11.6 Å². The molecule has 0 unspecified atom stereocenters. The van der Waals surface area contributed by atoms with Gasteiger partial charge in [-0.3, -0.25) is 9.69 Å². The number of aliphatic hydroxyl groups is 1. The molecular weight excluding hydrogens is 254 g/mol. The molecule has 1 rings (SSSR count). The molecule has 0 saturated carbocycles. The molecule has 0 saturated heterocycles. The zero-order chi connectivity index (χ0) is 15.0. The summed E-state index contributed by atoms with van der Waals surface area (Å²) in [6.07, 6.45) is 0.655. The number of hydrogen-bond donors (Lipinski definition) is 2. The predicted molar refractivity (Wildman–Crippen MR) is 78.2 cm³/mol. The van der Waals surface area contributed by atoms with Crippen LogP contribution in [-0.2, 0) is 4.79 Å². The normalized spacial score (nSPS) is 10.6. The number of rotatable bonds is 7. The van der Waals surface area contributed by atoms with Crippen molar-refractivity contribution in [3.05, 3.63) is 29.8 Å². The molecule has 0 spiro atoms. The molecule has 5 nitrogen and oxygen atoms in total. The lowest BCUT2D eigenvalue weighted by Crippen LogP contribution is -2.38. The van der Waals surface area contributed by atoms with E-state index in [2.05, 4.69) is 5.32 Å². The van der Waals surface area contributed by atoms with Crippen molar-refractivity contribution in [3.63, 3.8) is 0 Å². The number of amides is 1. The Morgan fingerprint density at radius 1 is 1.40 bits per heavy atom. The van der Waals surface area contributed by atoms with E-state index in [9.17, 15) is 4.79 Å². The second kappa shape index (κ2) is 8.31. The van der Waals surface area contributed by atoms with Gasteiger partial charge in [0.1, 0.15) is 0 Å². The molecule has 0 aliphatic heterocycles. The summed E-state index contributed by atoms with van der Waals surface area (Å²) in [5.41, 5.74) is 1.25. The molecule has 0 heterocycles. The second-order valence-electron chi connectivity index (χ2n) is 4.88. The summed E-state index contributed by atoms with van der Waals surface area (Å²) < 4.78 is 0. The molecule has 0 aliphatic rings. The summed E-state index contributed by atoms with van der Waals surface area (Å²) in [7, 11) is 0. The summed E-state index contributed by atoms with van der Waals surface area (Å²) in [5.74, 6) is -0.0960. The van der Waals surface area contributed by atoms with Crippen LogP contribution < -0.4 is 5.32 Å². The topological polar surface area (TPSA) is 76.4 Å². The fourth-order valence-electron chi connectivity index (χ4n) is 1.81. The molecule has 5 heteroatoms. The lowest BCUT2D eigenvalue weighted by molar-refractivity contribution is -0.117. The molecule has 0 aromatic heterocycles. The summed E-state index contributed by atoms with van der Waals surface area (Å²) >= 11 is 0. The number of anilines is 1. The minimum absolute atomic E-state index is 0.0960. The second-order valence-corrected chi connectivity index (χ2v) is 4.88. The fourth-order valence-corrected chi connectivity index (χ4v) is 1.81. The number of carbonyl (C=O) groups excluding carboxylic acids is 1. The maximum Gasteiger partial charge on any atom is 0.238 e. The van der Waals surface area contributed by atoms with Crippen LogP contribution in [0.3, 0.4) is 0 Å². The Bertz CT molecular complexity index is 463. The van der Waals surface area contributed by atoms with Crippen LogP contribution in [0.15, 0.2) is 24.3 Å². The zero-order valence-electron chi connectivity index (χ0n) is 12.0. The summed E-state index contributed by atoms with van der Waals surface area (Å²) in [5, 5.41) is 20.4. The van der Waals surface area contributed by atoms with E-state index < -0.39 is 0 Å². The van der Waals surface area contributed by atoms with E-state index in [0.29, 0.717) is 24.2 Å². The molecule has 1 amide bonds. The third kappa shape index (κ3) is 5.39. The summed E-state index contributed by atoms with van der Waals surface area (Å²) in [4.78, 5) is 14.0. The van der Waals surface area contributed by atoms with Crippen molar-refractivity contribution < 1.29 is 9.90 Å². The highest BCUT2D eigenvalue weighted by molar-refractivity contribution is 5.92. The standard InChI is InChI=1S/C15H21N3O2/c1-12(2)18(8-3-9-19)11-15(20)17-14-6-4-13(10-16)5-7-14/h4-7,12,19H,3,8-9,11H2,1-2H3,(H,17,20). The molecule has 108 valence electrons. The van der Waals surface area contributed by atoms with Gasteiger partial charge in [0.2, 0.25) is 5.91 Å². The van der Waals surface area contributed by atoms with Gasteiger partial charge in [0.15, 0.2) is 0 Å². The maximum atomic E-state index is 12.0. The summed E-state index contributed by atoms with van der Waals surface area (Å²) in [6, 6.07) is 9.04. The first kappa shape index (κ1) is 16.2. The molecule has 0 atom stereocenters. The van der Waals surface area contributed by atoms with E-state index in [-0.39, 0.29) is 25.1 Å². The lowest BCUT2D eigenvalue weighted by atomic mass is 10.2.